The second kappa shape index (κ2) is 6.36. The van der Waals surface area contributed by atoms with E-state index in [9.17, 15) is 4.79 Å². The molecule has 15 heavy (non-hydrogen) atoms. The molecule has 0 spiro atoms. The summed E-state index contributed by atoms with van der Waals surface area (Å²) in [7, 11) is 0. The second-order valence-corrected chi connectivity index (χ2v) is 3.75. The Balaban J connectivity index is 2.25. The van der Waals surface area contributed by atoms with Crippen LogP contribution in [0.15, 0.2) is 30.3 Å². The molecule has 0 N–H and O–H groups in total. The Hall–Kier alpha value is -1.15. The van der Waals surface area contributed by atoms with Gasteiger partial charge >= 0.3 is 0 Å². The number of benzene rings is 1. The SMILES string of the molecule is CCC(C)C(=O)COCc1ccccc1. The van der Waals surface area contributed by atoms with Crippen LogP contribution in [-0.2, 0) is 16.1 Å². The third kappa shape index (κ3) is 4.26. The lowest BCUT2D eigenvalue weighted by molar-refractivity contribution is -0.127. The molecule has 2 heteroatoms. The summed E-state index contributed by atoms with van der Waals surface area (Å²) in [6.45, 7) is 4.70. The summed E-state index contributed by atoms with van der Waals surface area (Å²) in [6.07, 6.45) is 0.882. The van der Waals surface area contributed by atoms with E-state index < -0.39 is 0 Å². The molecule has 0 amide bonds. The maximum atomic E-state index is 11.4. The summed E-state index contributed by atoms with van der Waals surface area (Å²) in [5.41, 5.74) is 1.11. The minimum Gasteiger partial charge on any atom is -0.369 e. The van der Waals surface area contributed by atoms with Gasteiger partial charge in [0.15, 0.2) is 5.78 Å². The minimum atomic E-state index is 0.112. The van der Waals surface area contributed by atoms with E-state index in [4.69, 9.17) is 4.74 Å². The number of carbonyl (C=O) groups excluding carboxylic acids is 1. The van der Waals surface area contributed by atoms with Gasteiger partial charge in [-0.05, 0) is 12.0 Å². The van der Waals surface area contributed by atoms with Crippen molar-refractivity contribution in [2.24, 2.45) is 5.92 Å². The Morgan fingerprint density at radius 3 is 2.60 bits per heavy atom. The highest BCUT2D eigenvalue weighted by atomic mass is 16.5. The van der Waals surface area contributed by atoms with E-state index in [1.54, 1.807) is 0 Å². The maximum absolute atomic E-state index is 11.4. The van der Waals surface area contributed by atoms with Gasteiger partial charge in [0.25, 0.3) is 0 Å². The van der Waals surface area contributed by atoms with Crippen LogP contribution in [0.2, 0.25) is 0 Å². The summed E-state index contributed by atoms with van der Waals surface area (Å²) >= 11 is 0. The third-order valence-electron chi connectivity index (χ3n) is 2.52. The highest BCUT2D eigenvalue weighted by molar-refractivity contribution is 5.81. The second-order valence-electron chi connectivity index (χ2n) is 3.75. The number of rotatable bonds is 6. The van der Waals surface area contributed by atoms with E-state index >= 15 is 0 Å². The van der Waals surface area contributed by atoms with Crippen LogP contribution < -0.4 is 0 Å². The maximum Gasteiger partial charge on any atom is 0.161 e. The molecule has 1 rings (SSSR count). The fraction of sp³-hybridized carbons (Fsp3) is 0.462. The molecule has 0 saturated heterocycles. The number of ether oxygens (including phenoxy) is 1. The lowest BCUT2D eigenvalue weighted by Crippen LogP contribution is -2.16. The molecular weight excluding hydrogens is 188 g/mol. The number of hydrogen-bond acceptors (Lipinski definition) is 2. The zero-order chi connectivity index (χ0) is 11.1. The van der Waals surface area contributed by atoms with E-state index in [1.807, 2.05) is 44.2 Å². The lowest BCUT2D eigenvalue weighted by Gasteiger charge is -2.07. The quantitative estimate of drug-likeness (QED) is 0.715. The van der Waals surface area contributed by atoms with Gasteiger partial charge in [0.1, 0.15) is 6.61 Å². The standard InChI is InChI=1S/C13H18O2/c1-3-11(2)13(14)10-15-9-12-7-5-4-6-8-12/h4-8,11H,3,9-10H2,1-2H3. The fourth-order valence-corrected chi connectivity index (χ4v) is 1.21. The molecule has 0 bridgehead atoms. The Labute approximate surface area is 91.3 Å². The summed E-state index contributed by atoms with van der Waals surface area (Å²) in [5, 5.41) is 0. The summed E-state index contributed by atoms with van der Waals surface area (Å²) in [5.74, 6) is 0.300. The molecule has 0 fully saturated rings. The zero-order valence-electron chi connectivity index (χ0n) is 9.40. The minimum absolute atomic E-state index is 0.112. The van der Waals surface area contributed by atoms with Crippen molar-refractivity contribution in [3.8, 4) is 0 Å². The van der Waals surface area contributed by atoms with Gasteiger partial charge in [-0.1, -0.05) is 44.2 Å². The Morgan fingerprint density at radius 2 is 2.00 bits per heavy atom. The van der Waals surface area contributed by atoms with Crippen LogP contribution in [0.3, 0.4) is 0 Å². The van der Waals surface area contributed by atoms with E-state index in [0.29, 0.717) is 6.61 Å². The monoisotopic (exact) mass is 206 g/mol. The van der Waals surface area contributed by atoms with Gasteiger partial charge in [-0.25, -0.2) is 0 Å². The lowest BCUT2D eigenvalue weighted by atomic mass is 10.1. The Bertz CT molecular complexity index is 293. The predicted molar refractivity (Wildman–Crippen MR) is 60.6 cm³/mol. The first-order valence-electron chi connectivity index (χ1n) is 5.38. The van der Waals surface area contributed by atoms with Gasteiger partial charge in [0.2, 0.25) is 0 Å². The van der Waals surface area contributed by atoms with E-state index in [-0.39, 0.29) is 18.3 Å². The fourth-order valence-electron chi connectivity index (χ4n) is 1.21. The molecule has 1 aromatic rings. The first-order chi connectivity index (χ1) is 7.24. The summed E-state index contributed by atoms with van der Waals surface area (Å²) in [4.78, 5) is 11.4. The number of carbonyl (C=O) groups is 1. The van der Waals surface area contributed by atoms with Gasteiger partial charge in [0.05, 0.1) is 6.61 Å². The van der Waals surface area contributed by atoms with E-state index in [1.165, 1.54) is 0 Å². The van der Waals surface area contributed by atoms with Crippen LogP contribution >= 0.6 is 0 Å². The molecule has 0 aliphatic carbocycles. The van der Waals surface area contributed by atoms with Crippen LogP contribution in [0.1, 0.15) is 25.8 Å². The van der Waals surface area contributed by atoms with Crippen molar-refractivity contribution in [2.75, 3.05) is 6.61 Å². The molecule has 1 aromatic carbocycles. The Kier molecular flexibility index (Phi) is 5.05. The number of Topliss-reactive ketones (excluding diaryl/α,β-unsaturated/α-hetero) is 1. The predicted octanol–water partition coefficient (Wildman–Crippen LogP) is 2.82. The molecule has 1 atom stereocenters. The topological polar surface area (TPSA) is 26.3 Å². The van der Waals surface area contributed by atoms with Crippen molar-refractivity contribution in [1.82, 2.24) is 0 Å². The first-order valence-corrected chi connectivity index (χ1v) is 5.38. The number of ketones is 1. The van der Waals surface area contributed by atoms with Gasteiger partial charge in [-0.2, -0.15) is 0 Å². The molecule has 2 nitrogen and oxygen atoms in total. The van der Waals surface area contributed by atoms with Gasteiger partial charge in [-0.3, -0.25) is 4.79 Å². The van der Waals surface area contributed by atoms with Crippen molar-refractivity contribution in [2.45, 2.75) is 26.9 Å². The van der Waals surface area contributed by atoms with Crippen LogP contribution in [0.4, 0.5) is 0 Å². The van der Waals surface area contributed by atoms with Gasteiger partial charge in [0, 0.05) is 5.92 Å². The molecule has 0 aromatic heterocycles. The van der Waals surface area contributed by atoms with Crippen LogP contribution in [0.25, 0.3) is 0 Å². The van der Waals surface area contributed by atoms with Crippen molar-refractivity contribution in [1.29, 1.82) is 0 Å². The molecule has 0 saturated carbocycles. The van der Waals surface area contributed by atoms with Crippen LogP contribution in [-0.4, -0.2) is 12.4 Å². The molecule has 0 heterocycles. The smallest absolute Gasteiger partial charge is 0.161 e. The third-order valence-corrected chi connectivity index (χ3v) is 2.52. The average Bonchev–Trinajstić information content (AvgIpc) is 2.29. The summed E-state index contributed by atoms with van der Waals surface area (Å²) in [6, 6.07) is 9.89. The van der Waals surface area contributed by atoms with Crippen molar-refractivity contribution in [3.63, 3.8) is 0 Å². The van der Waals surface area contributed by atoms with Crippen molar-refractivity contribution < 1.29 is 9.53 Å². The largest absolute Gasteiger partial charge is 0.369 e. The highest BCUT2D eigenvalue weighted by Gasteiger charge is 2.09. The van der Waals surface area contributed by atoms with Gasteiger partial charge < -0.3 is 4.74 Å². The van der Waals surface area contributed by atoms with Crippen LogP contribution in [0.5, 0.6) is 0 Å². The zero-order valence-corrected chi connectivity index (χ0v) is 9.40. The Morgan fingerprint density at radius 1 is 1.33 bits per heavy atom. The summed E-state index contributed by atoms with van der Waals surface area (Å²) < 4.78 is 5.35. The molecular formula is C13H18O2. The normalized spacial score (nSPS) is 12.4. The molecule has 82 valence electrons. The molecule has 0 aliphatic heterocycles. The molecule has 0 radical (unpaired) electrons. The number of hydrogen-bond donors (Lipinski definition) is 0. The average molecular weight is 206 g/mol. The van der Waals surface area contributed by atoms with Crippen LogP contribution in [0, 0.1) is 5.92 Å². The van der Waals surface area contributed by atoms with Gasteiger partial charge in [-0.15, -0.1) is 0 Å². The van der Waals surface area contributed by atoms with E-state index in [0.717, 1.165) is 12.0 Å². The highest BCUT2D eigenvalue weighted by Crippen LogP contribution is 2.04. The van der Waals surface area contributed by atoms with E-state index in [2.05, 4.69) is 0 Å². The van der Waals surface area contributed by atoms with Crippen molar-refractivity contribution >= 4 is 5.78 Å². The molecule has 0 aliphatic rings. The first kappa shape index (κ1) is 11.9. The van der Waals surface area contributed by atoms with Crippen molar-refractivity contribution in [3.05, 3.63) is 35.9 Å². The molecule has 1 unspecified atom stereocenters.